The summed E-state index contributed by atoms with van der Waals surface area (Å²) in [7, 11) is 0. The van der Waals surface area contributed by atoms with Crippen LogP contribution in [-0.2, 0) is 11.3 Å². The number of piperidine rings is 1. The summed E-state index contributed by atoms with van der Waals surface area (Å²) >= 11 is 4.27. The number of aromatic nitrogens is 3. The van der Waals surface area contributed by atoms with Crippen molar-refractivity contribution < 1.29 is 9.90 Å². The van der Waals surface area contributed by atoms with Crippen LogP contribution in [0.5, 0.6) is 0 Å². The minimum absolute atomic E-state index is 0.100. The lowest BCUT2D eigenvalue weighted by molar-refractivity contribution is -0.136. The number of fused-ring (bicyclic) bond motifs is 1. The Morgan fingerprint density at radius 2 is 1.90 bits per heavy atom. The Labute approximate surface area is 180 Å². The largest absolute Gasteiger partial charge is 0.388 e. The van der Waals surface area contributed by atoms with E-state index in [0.29, 0.717) is 42.9 Å². The average Bonchev–Trinajstić information content (AvgIpc) is 3.12. The first-order valence-corrected chi connectivity index (χ1v) is 10.6. The number of hydrogen-bond acceptors (Lipinski definition) is 5. The molecule has 0 aliphatic carbocycles. The van der Waals surface area contributed by atoms with Crippen LogP contribution in [0.3, 0.4) is 0 Å². The summed E-state index contributed by atoms with van der Waals surface area (Å²) in [6.45, 7) is 3.17. The molecule has 0 spiro atoms. The second-order valence-corrected chi connectivity index (χ2v) is 8.63. The van der Waals surface area contributed by atoms with Crippen LogP contribution in [0.1, 0.15) is 37.7 Å². The first-order valence-electron chi connectivity index (χ1n) is 10.2. The van der Waals surface area contributed by atoms with Crippen LogP contribution >= 0.6 is 12.6 Å². The monoisotopic (exact) mass is 426 g/mol. The lowest BCUT2D eigenvalue weighted by Crippen LogP contribution is -2.49. The van der Waals surface area contributed by atoms with Crippen molar-refractivity contribution in [1.29, 1.82) is 0 Å². The molecule has 1 aliphatic rings. The van der Waals surface area contributed by atoms with Crippen molar-refractivity contribution >= 4 is 24.1 Å². The minimum Gasteiger partial charge on any atom is -0.388 e. The van der Waals surface area contributed by atoms with Crippen molar-refractivity contribution in [2.75, 3.05) is 13.1 Å². The first-order chi connectivity index (χ1) is 14.4. The predicted molar refractivity (Wildman–Crippen MR) is 117 cm³/mol. The third kappa shape index (κ3) is 4.15. The van der Waals surface area contributed by atoms with E-state index in [0.717, 1.165) is 5.56 Å². The molecule has 1 amide bonds. The van der Waals surface area contributed by atoms with Crippen molar-refractivity contribution in [3.8, 4) is 0 Å². The number of thiol groups is 1. The smallest absolute Gasteiger partial charge is 0.277 e. The third-order valence-corrected chi connectivity index (χ3v) is 6.32. The molecule has 4 rings (SSSR count). The number of amides is 1. The number of carbonyl (C=O) groups is 1. The van der Waals surface area contributed by atoms with Crippen LogP contribution < -0.4 is 5.56 Å². The quantitative estimate of drug-likeness (QED) is 0.614. The second-order valence-electron chi connectivity index (χ2n) is 8.17. The Hall–Kier alpha value is -2.58. The molecule has 0 radical (unpaired) electrons. The maximum absolute atomic E-state index is 12.7. The molecule has 3 aromatic rings. The zero-order valence-corrected chi connectivity index (χ0v) is 17.8. The maximum Gasteiger partial charge on any atom is 0.277 e. The van der Waals surface area contributed by atoms with Gasteiger partial charge in [-0.05, 0) is 36.5 Å². The van der Waals surface area contributed by atoms with Gasteiger partial charge >= 0.3 is 0 Å². The molecule has 0 saturated carbocycles. The molecule has 8 heteroatoms. The molecule has 1 N–H and O–H groups in total. The topological polar surface area (TPSA) is 79.8 Å². The lowest BCUT2D eigenvalue weighted by atomic mass is 9.90. The highest BCUT2D eigenvalue weighted by molar-refractivity contribution is 7.80. The van der Waals surface area contributed by atoms with E-state index in [1.54, 1.807) is 12.1 Å². The van der Waals surface area contributed by atoms with Gasteiger partial charge < -0.3 is 10.0 Å². The maximum atomic E-state index is 12.7. The summed E-state index contributed by atoms with van der Waals surface area (Å²) in [5.74, 6) is 0.248. The highest BCUT2D eigenvalue weighted by atomic mass is 32.1. The van der Waals surface area contributed by atoms with Gasteiger partial charge in [-0.1, -0.05) is 37.3 Å². The number of aliphatic hydroxyl groups is 1. The van der Waals surface area contributed by atoms with Crippen molar-refractivity contribution in [3.05, 3.63) is 64.7 Å². The number of hydrogen-bond donors (Lipinski definition) is 2. The summed E-state index contributed by atoms with van der Waals surface area (Å²) in [6, 6.07) is 13.4. The summed E-state index contributed by atoms with van der Waals surface area (Å²) in [5, 5.41) is 15.9. The third-order valence-electron chi connectivity index (χ3n) is 5.98. The van der Waals surface area contributed by atoms with Crippen LogP contribution in [0, 0.1) is 0 Å². The summed E-state index contributed by atoms with van der Waals surface area (Å²) in [5.41, 5.74) is 0.320. The number of likely N-dealkylation sites (tertiary alicyclic amines) is 1. The van der Waals surface area contributed by atoms with Crippen LogP contribution in [0.25, 0.3) is 5.52 Å². The van der Waals surface area contributed by atoms with Gasteiger partial charge in [0.05, 0.1) is 17.2 Å². The van der Waals surface area contributed by atoms with Crippen LogP contribution in [0.4, 0.5) is 0 Å². The first kappa shape index (κ1) is 20.7. The summed E-state index contributed by atoms with van der Waals surface area (Å²) in [4.78, 5) is 27.2. The van der Waals surface area contributed by atoms with Crippen LogP contribution in [-0.4, -0.2) is 48.8 Å². The molecule has 1 aromatic carbocycles. The second kappa shape index (κ2) is 8.28. The fourth-order valence-corrected chi connectivity index (χ4v) is 4.30. The standard InChI is InChI=1S/C22H26N4O3S/c1-16(17-5-3-2-4-6-17)13-19(27)24-11-9-22(29,10-12-24)14-25-15-23-26-18(21(25)28)7-8-20(26)30/h2-8,15-16,29-30H,9-14H2,1H3/t16-/m1/s1. The van der Waals surface area contributed by atoms with E-state index in [2.05, 4.69) is 24.7 Å². The molecule has 30 heavy (non-hydrogen) atoms. The Balaban J connectivity index is 1.38. The van der Waals surface area contributed by atoms with Crippen molar-refractivity contribution in [3.63, 3.8) is 0 Å². The molecule has 158 valence electrons. The van der Waals surface area contributed by atoms with E-state index in [1.807, 2.05) is 35.2 Å². The van der Waals surface area contributed by atoms with Crippen LogP contribution in [0.2, 0.25) is 0 Å². The fourth-order valence-electron chi connectivity index (χ4n) is 4.07. The summed E-state index contributed by atoms with van der Waals surface area (Å²) in [6.07, 6.45) is 2.73. The SMILES string of the molecule is C[C@H](CC(=O)N1CCC(O)(Cn2cnn3c(S)ccc3c2=O)CC1)c1ccccc1. The molecule has 3 heterocycles. The molecule has 7 nitrogen and oxygen atoms in total. The van der Waals surface area contributed by atoms with E-state index in [1.165, 1.54) is 15.4 Å². The Morgan fingerprint density at radius 3 is 2.60 bits per heavy atom. The Bertz CT molecular complexity index is 1100. The van der Waals surface area contributed by atoms with Gasteiger partial charge in [0, 0.05) is 19.5 Å². The zero-order valence-electron chi connectivity index (χ0n) is 16.9. The molecule has 1 saturated heterocycles. The van der Waals surface area contributed by atoms with Crippen molar-refractivity contribution in [1.82, 2.24) is 19.1 Å². The van der Waals surface area contributed by atoms with E-state index in [4.69, 9.17) is 0 Å². The van der Waals surface area contributed by atoms with Gasteiger partial charge in [0.25, 0.3) is 5.56 Å². The van der Waals surface area contributed by atoms with E-state index < -0.39 is 5.60 Å². The van der Waals surface area contributed by atoms with Gasteiger partial charge in [0.15, 0.2) is 0 Å². The molecule has 1 aliphatic heterocycles. The Kier molecular flexibility index (Phi) is 5.71. The molecular weight excluding hydrogens is 400 g/mol. The predicted octanol–water partition coefficient (Wildman–Crippen LogP) is 2.33. The van der Waals surface area contributed by atoms with E-state index in [-0.39, 0.29) is 23.9 Å². The van der Waals surface area contributed by atoms with E-state index in [9.17, 15) is 14.7 Å². The molecule has 0 unspecified atom stereocenters. The average molecular weight is 427 g/mol. The van der Waals surface area contributed by atoms with Gasteiger partial charge in [-0.25, -0.2) is 4.52 Å². The van der Waals surface area contributed by atoms with Gasteiger partial charge in [-0.15, -0.1) is 12.6 Å². The van der Waals surface area contributed by atoms with Crippen LogP contribution in [0.15, 0.2) is 58.6 Å². The van der Waals surface area contributed by atoms with Gasteiger partial charge in [-0.3, -0.25) is 14.2 Å². The minimum atomic E-state index is -1.04. The number of nitrogens with zero attached hydrogens (tertiary/aromatic N) is 4. The molecular formula is C22H26N4O3S. The van der Waals surface area contributed by atoms with E-state index >= 15 is 0 Å². The van der Waals surface area contributed by atoms with Crippen molar-refractivity contribution in [2.45, 2.75) is 49.3 Å². The highest BCUT2D eigenvalue weighted by Crippen LogP contribution is 2.26. The molecule has 1 atom stereocenters. The highest BCUT2D eigenvalue weighted by Gasteiger charge is 2.35. The lowest BCUT2D eigenvalue weighted by Gasteiger charge is -2.38. The molecule has 2 aromatic heterocycles. The van der Waals surface area contributed by atoms with Gasteiger partial charge in [0.2, 0.25) is 5.91 Å². The molecule has 0 bridgehead atoms. The normalized spacial score (nSPS) is 17.2. The fraction of sp³-hybridized carbons (Fsp3) is 0.409. The zero-order chi connectivity index (χ0) is 21.3. The summed E-state index contributed by atoms with van der Waals surface area (Å²) < 4.78 is 2.92. The molecule has 1 fully saturated rings. The number of rotatable bonds is 5. The number of benzene rings is 1. The Morgan fingerprint density at radius 1 is 1.20 bits per heavy atom. The van der Waals surface area contributed by atoms with Gasteiger partial charge in [0.1, 0.15) is 11.8 Å². The number of carbonyl (C=O) groups excluding carboxylic acids is 1. The van der Waals surface area contributed by atoms with Gasteiger partial charge in [-0.2, -0.15) is 5.10 Å². The van der Waals surface area contributed by atoms with Crippen molar-refractivity contribution in [2.24, 2.45) is 0 Å².